The average Bonchev–Trinajstić information content (AvgIpc) is 2.39. The van der Waals surface area contributed by atoms with Crippen molar-refractivity contribution in [2.75, 3.05) is 6.61 Å². The van der Waals surface area contributed by atoms with Crippen LogP contribution in [0.15, 0.2) is 42.6 Å². The van der Waals surface area contributed by atoms with Crippen LogP contribution in [0.5, 0.6) is 11.6 Å². The van der Waals surface area contributed by atoms with Gasteiger partial charge in [0.1, 0.15) is 11.3 Å². The molecule has 1 aromatic heterocycles. The molecule has 0 aliphatic carbocycles. The van der Waals surface area contributed by atoms with Crippen molar-refractivity contribution in [2.24, 2.45) is 0 Å². The molecule has 98 valence electrons. The van der Waals surface area contributed by atoms with Gasteiger partial charge in [0.15, 0.2) is 0 Å². The molecular weight excluding hydrogens is 266 g/mol. The van der Waals surface area contributed by atoms with E-state index in [1.807, 2.05) is 0 Å². The molecule has 0 N–H and O–H groups in total. The molecular formula is C14H12ClNO3. The van der Waals surface area contributed by atoms with Gasteiger partial charge in [-0.2, -0.15) is 0 Å². The monoisotopic (exact) mass is 277 g/mol. The number of hydrogen-bond donors (Lipinski definition) is 0. The van der Waals surface area contributed by atoms with Gasteiger partial charge in [-0.15, -0.1) is 0 Å². The molecule has 2 rings (SSSR count). The second kappa shape index (κ2) is 6.20. The van der Waals surface area contributed by atoms with Crippen LogP contribution in [0, 0.1) is 0 Å². The van der Waals surface area contributed by atoms with E-state index in [0.29, 0.717) is 17.4 Å². The minimum absolute atomic E-state index is 0.197. The van der Waals surface area contributed by atoms with E-state index in [1.54, 1.807) is 49.5 Å². The molecule has 2 aromatic rings. The van der Waals surface area contributed by atoms with Crippen molar-refractivity contribution in [1.29, 1.82) is 0 Å². The van der Waals surface area contributed by atoms with Gasteiger partial charge in [0.25, 0.3) is 0 Å². The Morgan fingerprint density at radius 2 is 2.16 bits per heavy atom. The highest BCUT2D eigenvalue weighted by atomic mass is 35.5. The number of aromatic nitrogens is 1. The largest absolute Gasteiger partial charge is 0.462 e. The lowest BCUT2D eigenvalue weighted by Crippen LogP contribution is -2.07. The van der Waals surface area contributed by atoms with E-state index in [-0.39, 0.29) is 11.4 Å². The van der Waals surface area contributed by atoms with Crippen LogP contribution in [0.1, 0.15) is 17.3 Å². The van der Waals surface area contributed by atoms with Crippen molar-refractivity contribution in [2.45, 2.75) is 6.92 Å². The third kappa shape index (κ3) is 3.45. The number of nitrogens with zero attached hydrogens (tertiary/aromatic N) is 1. The lowest BCUT2D eigenvalue weighted by molar-refractivity contribution is 0.0522. The summed E-state index contributed by atoms with van der Waals surface area (Å²) in [7, 11) is 0. The summed E-state index contributed by atoms with van der Waals surface area (Å²) in [5.74, 6) is 0.243. The van der Waals surface area contributed by atoms with Gasteiger partial charge in [-0.3, -0.25) is 0 Å². The molecule has 0 saturated carbocycles. The number of rotatable bonds is 4. The van der Waals surface area contributed by atoms with Gasteiger partial charge < -0.3 is 9.47 Å². The van der Waals surface area contributed by atoms with Gasteiger partial charge in [0.05, 0.1) is 6.61 Å². The Hall–Kier alpha value is -2.07. The Kier molecular flexibility index (Phi) is 4.36. The molecule has 0 bridgehead atoms. The smallest absolute Gasteiger partial charge is 0.343 e. The van der Waals surface area contributed by atoms with Crippen molar-refractivity contribution in [1.82, 2.24) is 4.98 Å². The van der Waals surface area contributed by atoms with Crippen LogP contribution in [-0.2, 0) is 4.74 Å². The number of ether oxygens (including phenoxy) is 2. The fourth-order valence-electron chi connectivity index (χ4n) is 1.48. The van der Waals surface area contributed by atoms with Crippen LogP contribution in [0.25, 0.3) is 0 Å². The van der Waals surface area contributed by atoms with Crippen molar-refractivity contribution in [3.05, 3.63) is 53.2 Å². The summed E-state index contributed by atoms with van der Waals surface area (Å²) >= 11 is 5.87. The van der Waals surface area contributed by atoms with Crippen LogP contribution in [0.4, 0.5) is 0 Å². The fraction of sp³-hybridized carbons (Fsp3) is 0.143. The van der Waals surface area contributed by atoms with E-state index in [0.717, 1.165) is 0 Å². The molecule has 0 unspecified atom stereocenters. The van der Waals surface area contributed by atoms with Crippen molar-refractivity contribution >= 4 is 17.6 Å². The standard InChI is InChI=1S/C14H12ClNO3/c1-2-18-14(17)12-7-4-8-16-13(12)19-11-6-3-5-10(15)9-11/h3-9H,2H2,1H3. The first-order chi connectivity index (χ1) is 9.20. The maximum absolute atomic E-state index is 11.8. The maximum Gasteiger partial charge on any atom is 0.343 e. The summed E-state index contributed by atoms with van der Waals surface area (Å²) in [6, 6.07) is 10.1. The third-order valence-corrected chi connectivity index (χ3v) is 2.51. The molecule has 0 spiro atoms. The topological polar surface area (TPSA) is 48.4 Å². The Balaban J connectivity index is 2.27. The molecule has 1 heterocycles. The lowest BCUT2D eigenvalue weighted by Gasteiger charge is -2.09. The van der Waals surface area contributed by atoms with Crippen LogP contribution in [0.3, 0.4) is 0 Å². The third-order valence-electron chi connectivity index (χ3n) is 2.28. The summed E-state index contributed by atoms with van der Waals surface area (Å²) < 4.78 is 10.5. The first-order valence-electron chi connectivity index (χ1n) is 5.76. The summed E-state index contributed by atoms with van der Waals surface area (Å²) in [6.07, 6.45) is 1.54. The highest BCUT2D eigenvalue weighted by Gasteiger charge is 2.15. The van der Waals surface area contributed by atoms with E-state index in [2.05, 4.69) is 4.98 Å². The average molecular weight is 278 g/mol. The number of pyridine rings is 1. The Labute approximate surface area is 115 Å². The Morgan fingerprint density at radius 1 is 1.32 bits per heavy atom. The summed E-state index contributed by atoms with van der Waals surface area (Å²) in [5.41, 5.74) is 0.282. The Bertz CT molecular complexity index is 586. The van der Waals surface area contributed by atoms with Crippen molar-refractivity contribution in [3.63, 3.8) is 0 Å². The zero-order valence-corrected chi connectivity index (χ0v) is 11.1. The van der Waals surface area contributed by atoms with E-state index >= 15 is 0 Å². The van der Waals surface area contributed by atoms with E-state index in [1.165, 1.54) is 0 Å². The number of carbonyl (C=O) groups is 1. The molecule has 0 aliphatic heterocycles. The number of halogens is 1. The molecule has 0 radical (unpaired) electrons. The highest BCUT2D eigenvalue weighted by Crippen LogP contribution is 2.25. The normalized spacial score (nSPS) is 10.0. The van der Waals surface area contributed by atoms with Crippen LogP contribution in [-0.4, -0.2) is 17.6 Å². The number of benzene rings is 1. The number of esters is 1. The number of hydrogen-bond acceptors (Lipinski definition) is 4. The minimum atomic E-state index is -0.465. The van der Waals surface area contributed by atoms with Crippen LogP contribution in [0.2, 0.25) is 5.02 Å². The molecule has 4 nitrogen and oxygen atoms in total. The van der Waals surface area contributed by atoms with Crippen molar-refractivity contribution < 1.29 is 14.3 Å². The quantitative estimate of drug-likeness (QED) is 0.800. The van der Waals surface area contributed by atoms with Crippen LogP contribution < -0.4 is 4.74 Å². The lowest BCUT2D eigenvalue weighted by atomic mass is 10.2. The van der Waals surface area contributed by atoms with Crippen molar-refractivity contribution in [3.8, 4) is 11.6 Å². The number of carbonyl (C=O) groups excluding carboxylic acids is 1. The minimum Gasteiger partial charge on any atom is -0.462 e. The Morgan fingerprint density at radius 3 is 2.89 bits per heavy atom. The van der Waals surface area contributed by atoms with E-state index < -0.39 is 5.97 Å². The maximum atomic E-state index is 11.8. The first-order valence-corrected chi connectivity index (χ1v) is 6.14. The van der Waals surface area contributed by atoms with Gasteiger partial charge in [-0.1, -0.05) is 17.7 Å². The molecule has 0 aliphatic rings. The fourth-order valence-corrected chi connectivity index (χ4v) is 1.66. The molecule has 0 atom stereocenters. The predicted molar refractivity (Wildman–Crippen MR) is 71.7 cm³/mol. The SMILES string of the molecule is CCOC(=O)c1cccnc1Oc1cccc(Cl)c1. The second-order valence-corrected chi connectivity index (χ2v) is 4.07. The zero-order chi connectivity index (χ0) is 13.7. The molecule has 0 fully saturated rings. The molecule has 5 heteroatoms. The van der Waals surface area contributed by atoms with Gasteiger partial charge in [-0.25, -0.2) is 9.78 Å². The van der Waals surface area contributed by atoms with Crippen LogP contribution >= 0.6 is 11.6 Å². The van der Waals surface area contributed by atoms with E-state index in [4.69, 9.17) is 21.1 Å². The molecule has 1 aromatic carbocycles. The summed E-state index contributed by atoms with van der Waals surface area (Å²) in [5, 5.41) is 0.547. The summed E-state index contributed by atoms with van der Waals surface area (Å²) in [6.45, 7) is 2.04. The summed E-state index contributed by atoms with van der Waals surface area (Å²) in [4.78, 5) is 15.8. The molecule has 19 heavy (non-hydrogen) atoms. The zero-order valence-electron chi connectivity index (χ0n) is 10.3. The highest BCUT2D eigenvalue weighted by molar-refractivity contribution is 6.30. The van der Waals surface area contributed by atoms with Gasteiger partial charge in [0.2, 0.25) is 5.88 Å². The van der Waals surface area contributed by atoms with Gasteiger partial charge >= 0.3 is 5.97 Å². The van der Waals surface area contributed by atoms with Gasteiger partial charge in [0, 0.05) is 11.2 Å². The molecule has 0 saturated heterocycles. The second-order valence-electron chi connectivity index (χ2n) is 3.64. The first kappa shape index (κ1) is 13.4. The molecule has 0 amide bonds. The van der Waals surface area contributed by atoms with Gasteiger partial charge in [-0.05, 0) is 37.3 Å². The predicted octanol–water partition coefficient (Wildman–Crippen LogP) is 3.70. The van der Waals surface area contributed by atoms with E-state index in [9.17, 15) is 4.79 Å².